The topological polar surface area (TPSA) is 12.0 Å². The standard InChI is InChI=1S/C20H21N.C2H6/c1-15(2)17-11-12-21-20(14-17)19-10-6-9-18(13-19)16-7-4-3-5-8-16;1-2/h3-11,13-15,21H,12H2,1-2H3;1-2H3. The van der Waals surface area contributed by atoms with Crippen LogP contribution >= 0.6 is 0 Å². The van der Waals surface area contributed by atoms with Gasteiger partial charge in [0.05, 0.1) is 0 Å². The maximum atomic E-state index is 3.48. The van der Waals surface area contributed by atoms with Gasteiger partial charge in [0, 0.05) is 12.2 Å². The number of hydrogen-bond donors (Lipinski definition) is 1. The van der Waals surface area contributed by atoms with E-state index in [2.05, 4.69) is 85.9 Å². The molecule has 2 aromatic carbocycles. The van der Waals surface area contributed by atoms with Crippen molar-refractivity contribution >= 4 is 5.70 Å². The normalized spacial score (nSPS) is 13.4. The Bertz CT molecular complexity index is 678. The molecule has 0 saturated carbocycles. The molecule has 1 heteroatoms. The summed E-state index contributed by atoms with van der Waals surface area (Å²) in [5.74, 6) is 0.569. The average Bonchev–Trinajstić information content (AvgIpc) is 2.64. The molecule has 0 fully saturated rings. The molecule has 0 bridgehead atoms. The second-order valence-corrected chi connectivity index (χ2v) is 5.74. The van der Waals surface area contributed by atoms with E-state index in [1.807, 2.05) is 13.8 Å². The highest BCUT2D eigenvalue weighted by atomic mass is 14.9. The van der Waals surface area contributed by atoms with Crippen molar-refractivity contribution in [1.82, 2.24) is 5.32 Å². The van der Waals surface area contributed by atoms with Crippen molar-refractivity contribution in [2.24, 2.45) is 5.92 Å². The van der Waals surface area contributed by atoms with E-state index < -0.39 is 0 Å². The molecule has 3 rings (SSSR count). The Balaban J connectivity index is 0.000000924. The van der Waals surface area contributed by atoms with Crippen LogP contribution in [0.25, 0.3) is 16.8 Å². The average molecular weight is 305 g/mol. The summed E-state index contributed by atoms with van der Waals surface area (Å²) in [5.41, 5.74) is 6.40. The van der Waals surface area contributed by atoms with Gasteiger partial charge < -0.3 is 5.32 Å². The molecule has 0 aliphatic carbocycles. The van der Waals surface area contributed by atoms with Crippen molar-refractivity contribution < 1.29 is 0 Å². The van der Waals surface area contributed by atoms with Crippen molar-refractivity contribution in [2.75, 3.05) is 6.54 Å². The van der Waals surface area contributed by atoms with Crippen molar-refractivity contribution in [3.63, 3.8) is 0 Å². The van der Waals surface area contributed by atoms with Crippen molar-refractivity contribution in [1.29, 1.82) is 0 Å². The van der Waals surface area contributed by atoms with Crippen LogP contribution in [0.1, 0.15) is 33.3 Å². The predicted octanol–water partition coefficient (Wildman–Crippen LogP) is 5.91. The van der Waals surface area contributed by atoms with Crippen LogP contribution < -0.4 is 5.32 Å². The minimum Gasteiger partial charge on any atom is -0.381 e. The fourth-order valence-electron chi connectivity index (χ4n) is 2.64. The van der Waals surface area contributed by atoms with Crippen molar-refractivity contribution in [3.8, 4) is 11.1 Å². The number of nitrogens with one attached hydrogen (secondary N) is 1. The Morgan fingerprint density at radius 2 is 1.48 bits per heavy atom. The Kier molecular flexibility index (Phi) is 6.22. The van der Waals surface area contributed by atoms with Gasteiger partial charge in [-0.3, -0.25) is 0 Å². The maximum Gasteiger partial charge on any atom is 0.0419 e. The smallest absolute Gasteiger partial charge is 0.0419 e. The summed E-state index contributed by atoms with van der Waals surface area (Å²) < 4.78 is 0. The van der Waals surface area contributed by atoms with Crippen molar-refractivity contribution in [2.45, 2.75) is 27.7 Å². The first kappa shape index (κ1) is 17.1. The van der Waals surface area contributed by atoms with Gasteiger partial charge in [-0.15, -0.1) is 0 Å². The van der Waals surface area contributed by atoms with Crippen LogP contribution in [0.2, 0.25) is 0 Å². The van der Waals surface area contributed by atoms with E-state index in [4.69, 9.17) is 0 Å². The third-order valence-electron chi connectivity index (χ3n) is 3.89. The quantitative estimate of drug-likeness (QED) is 0.743. The van der Waals surface area contributed by atoms with E-state index in [0.717, 1.165) is 6.54 Å². The number of rotatable bonds is 3. The first-order valence-electron chi connectivity index (χ1n) is 8.55. The van der Waals surface area contributed by atoms with E-state index in [1.165, 1.54) is 28.0 Å². The molecule has 1 N–H and O–H groups in total. The van der Waals surface area contributed by atoms with Crippen molar-refractivity contribution in [3.05, 3.63) is 77.9 Å². The molecule has 0 aromatic heterocycles. The molecule has 23 heavy (non-hydrogen) atoms. The van der Waals surface area contributed by atoms with Gasteiger partial charge in [-0.25, -0.2) is 0 Å². The van der Waals surface area contributed by atoms with Gasteiger partial charge in [0.15, 0.2) is 0 Å². The lowest BCUT2D eigenvalue weighted by molar-refractivity contribution is 0.774. The zero-order chi connectivity index (χ0) is 16.7. The molecule has 0 unspecified atom stereocenters. The Morgan fingerprint density at radius 3 is 2.17 bits per heavy atom. The predicted molar refractivity (Wildman–Crippen MR) is 102 cm³/mol. The number of hydrogen-bond acceptors (Lipinski definition) is 1. The summed E-state index contributed by atoms with van der Waals surface area (Å²) >= 11 is 0. The largest absolute Gasteiger partial charge is 0.381 e. The molecule has 0 spiro atoms. The molecule has 0 saturated heterocycles. The molecule has 1 aliphatic rings. The minimum absolute atomic E-state index is 0.569. The fourth-order valence-corrected chi connectivity index (χ4v) is 2.64. The van der Waals surface area contributed by atoms with Gasteiger partial charge in [-0.2, -0.15) is 0 Å². The van der Waals surface area contributed by atoms with Crippen LogP contribution in [0.3, 0.4) is 0 Å². The lowest BCUT2D eigenvalue weighted by Crippen LogP contribution is -2.17. The van der Waals surface area contributed by atoms with Crippen LogP contribution in [0.5, 0.6) is 0 Å². The molecular weight excluding hydrogens is 278 g/mol. The molecule has 0 atom stereocenters. The first-order chi connectivity index (χ1) is 11.2. The van der Waals surface area contributed by atoms with Gasteiger partial charge in [-0.1, -0.05) is 82.3 Å². The Morgan fingerprint density at radius 1 is 0.826 bits per heavy atom. The monoisotopic (exact) mass is 305 g/mol. The fraction of sp³-hybridized carbons (Fsp3) is 0.273. The third-order valence-corrected chi connectivity index (χ3v) is 3.89. The van der Waals surface area contributed by atoms with Gasteiger partial charge in [0.1, 0.15) is 0 Å². The molecule has 1 heterocycles. The van der Waals surface area contributed by atoms with E-state index in [0.29, 0.717) is 5.92 Å². The zero-order valence-electron chi connectivity index (χ0n) is 14.6. The number of allylic oxidation sites excluding steroid dienone is 2. The van der Waals surface area contributed by atoms with Gasteiger partial charge in [0.25, 0.3) is 0 Å². The van der Waals surface area contributed by atoms with E-state index in [1.54, 1.807) is 0 Å². The Hall–Kier alpha value is -2.28. The molecule has 2 aromatic rings. The van der Waals surface area contributed by atoms with Crippen LogP contribution in [-0.2, 0) is 0 Å². The molecule has 1 nitrogen and oxygen atoms in total. The maximum absolute atomic E-state index is 3.48. The molecule has 0 radical (unpaired) electrons. The minimum atomic E-state index is 0.569. The number of dihydropyridines is 1. The van der Waals surface area contributed by atoms with E-state index >= 15 is 0 Å². The van der Waals surface area contributed by atoms with E-state index in [-0.39, 0.29) is 0 Å². The van der Waals surface area contributed by atoms with Gasteiger partial charge in [-0.05, 0) is 40.3 Å². The third kappa shape index (κ3) is 4.35. The first-order valence-corrected chi connectivity index (χ1v) is 8.55. The molecule has 0 amide bonds. The summed E-state index contributed by atoms with van der Waals surface area (Å²) in [5, 5.41) is 3.48. The van der Waals surface area contributed by atoms with Crippen LogP contribution in [0.15, 0.2) is 72.3 Å². The van der Waals surface area contributed by atoms with Gasteiger partial charge in [0.2, 0.25) is 0 Å². The van der Waals surface area contributed by atoms with Crippen LogP contribution in [0, 0.1) is 5.92 Å². The Labute approximate surface area is 140 Å². The zero-order valence-corrected chi connectivity index (χ0v) is 14.6. The van der Waals surface area contributed by atoms with Crippen LogP contribution in [-0.4, -0.2) is 6.54 Å². The molecule has 120 valence electrons. The lowest BCUT2D eigenvalue weighted by atomic mass is 9.96. The number of benzene rings is 2. The molecular formula is C22H27N. The second kappa shape index (κ2) is 8.38. The summed E-state index contributed by atoms with van der Waals surface area (Å²) in [6, 6.07) is 19.3. The lowest BCUT2D eigenvalue weighted by Gasteiger charge is -2.19. The highest BCUT2D eigenvalue weighted by Gasteiger charge is 2.10. The summed E-state index contributed by atoms with van der Waals surface area (Å²) in [7, 11) is 0. The summed E-state index contributed by atoms with van der Waals surface area (Å²) in [6.07, 6.45) is 4.55. The summed E-state index contributed by atoms with van der Waals surface area (Å²) in [6.45, 7) is 9.40. The summed E-state index contributed by atoms with van der Waals surface area (Å²) in [4.78, 5) is 0. The van der Waals surface area contributed by atoms with E-state index in [9.17, 15) is 0 Å². The van der Waals surface area contributed by atoms with Crippen LogP contribution in [0.4, 0.5) is 0 Å². The highest BCUT2D eigenvalue weighted by molar-refractivity contribution is 5.74. The highest BCUT2D eigenvalue weighted by Crippen LogP contribution is 2.25. The SMILES string of the molecule is CC.CC(C)C1=CCNC(c2cccc(-c3ccccc3)c2)=C1. The molecule has 1 aliphatic heterocycles. The van der Waals surface area contributed by atoms with Gasteiger partial charge >= 0.3 is 0 Å². The second-order valence-electron chi connectivity index (χ2n) is 5.74.